The summed E-state index contributed by atoms with van der Waals surface area (Å²) in [6, 6.07) is 11.8. The maximum absolute atomic E-state index is 12.9. The number of benzene rings is 1. The number of halogens is 1. The third-order valence-corrected chi connectivity index (χ3v) is 4.57. The second-order valence-corrected chi connectivity index (χ2v) is 7.71. The summed E-state index contributed by atoms with van der Waals surface area (Å²) >= 11 is 6.03. The van der Waals surface area contributed by atoms with Crippen LogP contribution in [0.1, 0.15) is 38.1 Å². The van der Waals surface area contributed by atoms with E-state index in [1.165, 1.54) is 0 Å². The molecule has 1 aliphatic heterocycles. The van der Waals surface area contributed by atoms with Gasteiger partial charge in [-0.05, 0) is 50.6 Å². The van der Waals surface area contributed by atoms with Crippen LogP contribution in [0.5, 0.6) is 0 Å². The van der Waals surface area contributed by atoms with E-state index >= 15 is 0 Å². The van der Waals surface area contributed by atoms with E-state index in [4.69, 9.17) is 11.6 Å². The number of aromatic nitrogens is 1. The van der Waals surface area contributed by atoms with E-state index in [9.17, 15) is 4.79 Å². The van der Waals surface area contributed by atoms with Crippen molar-refractivity contribution in [2.45, 2.75) is 38.9 Å². The molecule has 1 aromatic carbocycles. The Bertz CT molecular complexity index is 715. The van der Waals surface area contributed by atoms with Crippen molar-refractivity contribution in [2.75, 3.05) is 13.1 Å². The highest BCUT2D eigenvalue weighted by Gasteiger charge is 2.32. The molecule has 1 atom stereocenters. The molecule has 5 heteroatoms. The summed E-state index contributed by atoms with van der Waals surface area (Å²) in [7, 11) is 0. The summed E-state index contributed by atoms with van der Waals surface area (Å²) in [4.78, 5) is 14.8. The van der Waals surface area contributed by atoms with Crippen molar-refractivity contribution in [3.8, 4) is 0 Å². The van der Waals surface area contributed by atoms with E-state index in [-0.39, 0.29) is 17.5 Å². The topological polar surface area (TPSA) is 37.3 Å². The number of rotatable bonds is 3. The van der Waals surface area contributed by atoms with Crippen molar-refractivity contribution in [1.82, 2.24) is 14.8 Å². The van der Waals surface area contributed by atoms with Crippen LogP contribution in [-0.4, -0.2) is 34.0 Å². The molecule has 1 aliphatic rings. The molecule has 0 fully saturated rings. The smallest absolute Gasteiger partial charge is 0.237 e. The van der Waals surface area contributed by atoms with Gasteiger partial charge in [-0.1, -0.05) is 23.7 Å². The van der Waals surface area contributed by atoms with Crippen molar-refractivity contribution >= 4 is 17.5 Å². The Labute approximate surface area is 148 Å². The number of nitrogens with zero attached hydrogens (tertiary/aromatic N) is 2. The molecule has 0 saturated carbocycles. The maximum atomic E-state index is 12.9. The van der Waals surface area contributed by atoms with Crippen LogP contribution in [0.25, 0.3) is 0 Å². The molecule has 3 rings (SSSR count). The van der Waals surface area contributed by atoms with E-state index in [0.717, 1.165) is 17.8 Å². The van der Waals surface area contributed by atoms with Gasteiger partial charge >= 0.3 is 0 Å². The van der Waals surface area contributed by atoms with Gasteiger partial charge in [-0.2, -0.15) is 0 Å². The largest absolute Gasteiger partial charge is 0.348 e. The minimum atomic E-state index is -0.0819. The minimum absolute atomic E-state index is 0.0692. The third-order valence-electron chi connectivity index (χ3n) is 4.31. The summed E-state index contributed by atoms with van der Waals surface area (Å²) in [5.74, 6) is 0.123. The Morgan fingerprint density at radius 2 is 1.92 bits per heavy atom. The summed E-state index contributed by atoms with van der Waals surface area (Å²) in [5.41, 5.74) is 2.15. The standard InChI is InChI=1S/C19H24ClN3O/c1-19(2,3)21-13-17(24)23-12-11-22-10-4-5-16(22)18(23)14-6-8-15(20)9-7-14/h4-10,18,21H,11-13H2,1-3H3/t18-/m0/s1. The molecule has 0 spiro atoms. The summed E-state index contributed by atoms with van der Waals surface area (Å²) in [5, 5.41) is 4.00. The summed E-state index contributed by atoms with van der Waals surface area (Å²) in [6.45, 7) is 8.08. The molecule has 0 unspecified atom stereocenters. The summed E-state index contributed by atoms with van der Waals surface area (Å²) in [6.07, 6.45) is 2.08. The molecule has 0 saturated heterocycles. The van der Waals surface area contributed by atoms with Gasteiger partial charge in [0.05, 0.1) is 12.6 Å². The van der Waals surface area contributed by atoms with E-state index < -0.39 is 0 Å². The second kappa shape index (κ2) is 6.61. The maximum Gasteiger partial charge on any atom is 0.237 e. The first-order chi connectivity index (χ1) is 11.3. The van der Waals surface area contributed by atoms with E-state index in [0.29, 0.717) is 18.1 Å². The highest BCUT2D eigenvalue weighted by Crippen LogP contribution is 2.33. The third kappa shape index (κ3) is 3.65. The van der Waals surface area contributed by atoms with Crippen molar-refractivity contribution in [3.63, 3.8) is 0 Å². The van der Waals surface area contributed by atoms with Gasteiger partial charge in [-0.25, -0.2) is 0 Å². The first kappa shape index (κ1) is 17.1. The first-order valence-electron chi connectivity index (χ1n) is 8.30. The van der Waals surface area contributed by atoms with Crippen molar-refractivity contribution < 1.29 is 4.79 Å². The Morgan fingerprint density at radius 3 is 2.58 bits per heavy atom. The lowest BCUT2D eigenvalue weighted by Gasteiger charge is -2.38. The molecule has 1 amide bonds. The highest BCUT2D eigenvalue weighted by atomic mass is 35.5. The monoisotopic (exact) mass is 345 g/mol. The summed E-state index contributed by atoms with van der Waals surface area (Å²) < 4.78 is 2.22. The Morgan fingerprint density at radius 1 is 1.21 bits per heavy atom. The van der Waals surface area contributed by atoms with Crippen LogP contribution in [0, 0.1) is 0 Å². The van der Waals surface area contributed by atoms with Crippen molar-refractivity contribution in [2.24, 2.45) is 0 Å². The average molecular weight is 346 g/mol. The van der Waals surface area contributed by atoms with E-state index in [2.05, 4.69) is 42.9 Å². The predicted octanol–water partition coefficient (Wildman–Crippen LogP) is 3.46. The molecule has 0 radical (unpaired) electrons. The molecule has 0 aliphatic carbocycles. The number of nitrogens with one attached hydrogen (secondary N) is 1. The van der Waals surface area contributed by atoms with Crippen LogP contribution >= 0.6 is 11.6 Å². The Balaban J connectivity index is 1.90. The number of carbonyl (C=O) groups excluding carboxylic acids is 1. The molecule has 24 heavy (non-hydrogen) atoms. The Hall–Kier alpha value is -1.78. The lowest BCUT2D eigenvalue weighted by Crippen LogP contribution is -2.49. The van der Waals surface area contributed by atoms with Gasteiger partial charge in [0.1, 0.15) is 0 Å². The van der Waals surface area contributed by atoms with Crippen LogP contribution in [0.4, 0.5) is 0 Å². The van der Waals surface area contributed by atoms with Gasteiger partial charge in [-0.3, -0.25) is 4.79 Å². The van der Waals surface area contributed by atoms with Crippen molar-refractivity contribution in [1.29, 1.82) is 0 Å². The zero-order valence-electron chi connectivity index (χ0n) is 14.4. The average Bonchev–Trinajstić information content (AvgIpc) is 3.00. The lowest BCUT2D eigenvalue weighted by atomic mass is 9.99. The number of fused-ring (bicyclic) bond motifs is 1. The predicted molar refractivity (Wildman–Crippen MR) is 97.2 cm³/mol. The van der Waals surface area contributed by atoms with Gasteiger partial charge in [0.15, 0.2) is 0 Å². The molecular weight excluding hydrogens is 322 g/mol. The van der Waals surface area contributed by atoms with Crippen LogP contribution < -0.4 is 5.32 Å². The highest BCUT2D eigenvalue weighted by molar-refractivity contribution is 6.30. The number of hydrogen-bond donors (Lipinski definition) is 1. The quantitative estimate of drug-likeness (QED) is 0.925. The molecule has 4 nitrogen and oxygen atoms in total. The minimum Gasteiger partial charge on any atom is -0.348 e. The molecule has 1 aromatic heterocycles. The molecule has 128 valence electrons. The van der Waals surface area contributed by atoms with E-state index in [1.54, 1.807) is 0 Å². The van der Waals surface area contributed by atoms with E-state index in [1.807, 2.05) is 35.2 Å². The first-order valence-corrected chi connectivity index (χ1v) is 8.68. The SMILES string of the molecule is CC(C)(C)NCC(=O)N1CCn2cccc2[C@@H]1c1ccc(Cl)cc1. The second-order valence-electron chi connectivity index (χ2n) is 7.27. The molecule has 2 heterocycles. The molecular formula is C19H24ClN3O. The van der Waals surface area contributed by atoms with Crippen LogP contribution in [-0.2, 0) is 11.3 Å². The fourth-order valence-corrected chi connectivity index (χ4v) is 3.22. The van der Waals surface area contributed by atoms with Crippen LogP contribution in [0.3, 0.4) is 0 Å². The zero-order valence-corrected chi connectivity index (χ0v) is 15.2. The fraction of sp³-hybridized carbons (Fsp3) is 0.421. The zero-order chi connectivity index (χ0) is 17.3. The number of hydrogen-bond acceptors (Lipinski definition) is 2. The van der Waals surface area contributed by atoms with Gasteiger partial charge in [0.2, 0.25) is 5.91 Å². The number of amides is 1. The number of carbonyl (C=O) groups is 1. The fourth-order valence-electron chi connectivity index (χ4n) is 3.09. The molecule has 2 aromatic rings. The van der Waals surface area contributed by atoms with Crippen molar-refractivity contribution in [3.05, 3.63) is 58.9 Å². The van der Waals surface area contributed by atoms with Gasteiger partial charge < -0.3 is 14.8 Å². The normalized spacial score (nSPS) is 17.7. The van der Waals surface area contributed by atoms with Crippen LogP contribution in [0.15, 0.2) is 42.6 Å². The molecule has 0 bridgehead atoms. The lowest BCUT2D eigenvalue weighted by molar-refractivity contribution is -0.133. The van der Waals surface area contributed by atoms with Gasteiger partial charge in [0.25, 0.3) is 0 Å². The van der Waals surface area contributed by atoms with Gasteiger partial charge in [-0.15, -0.1) is 0 Å². The van der Waals surface area contributed by atoms with Crippen LogP contribution in [0.2, 0.25) is 5.02 Å². The van der Waals surface area contributed by atoms with Gasteiger partial charge in [0, 0.05) is 35.5 Å². The Kier molecular flexibility index (Phi) is 4.70. The molecule has 1 N–H and O–H groups in total.